The van der Waals surface area contributed by atoms with Gasteiger partial charge in [-0.05, 0) is 37.8 Å². The van der Waals surface area contributed by atoms with Gasteiger partial charge in [0.15, 0.2) is 0 Å². The summed E-state index contributed by atoms with van der Waals surface area (Å²) in [6.07, 6.45) is 3.60. The second-order valence-electron chi connectivity index (χ2n) is 5.64. The van der Waals surface area contributed by atoms with Gasteiger partial charge in [-0.2, -0.15) is 0 Å². The fourth-order valence-electron chi connectivity index (χ4n) is 3.05. The highest BCUT2D eigenvalue weighted by Gasteiger charge is 2.48. The minimum Gasteiger partial charge on any atom is -0.337 e. The third-order valence-corrected chi connectivity index (χ3v) is 4.07. The van der Waals surface area contributed by atoms with E-state index in [-0.39, 0.29) is 11.3 Å². The highest BCUT2D eigenvalue weighted by molar-refractivity contribution is 5.84. The predicted molar refractivity (Wildman–Crippen MR) is 75.2 cm³/mol. The maximum Gasteiger partial charge on any atom is 0.230 e. The molecule has 1 aliphatic carbocycles. The largest absolute Gasteiger partial charge is 0.337 e. The number of nitrogens with zero attached hydrogens (tertiary/aromatic N) is 2. The molecule has 0 spiro atoms. The van der Waals surface area contributed by atoms with E-state index in [0.717, 1.165) is 18.5 Å². The van der Waals surface area contributed by atoms with Gasteiger partial charge in [-0.15, -0.1) is 0 Å². The van der Waals surface area contributed by atoms with Crippen molar-refractivity contribution in [2.75, 3.05) is 13.1 Å². The molecule has 0 bridgehead atoms. The summed E-state index contributed by atoms with van der Waals surface area (Å²) in [6, 6.07) is 5.79. The third-order valence-electron chi connectivity index (χ3n) is 4.07. The lowest BCUT2D eigenvalue weighted by molar-refractivity contribution is -0.150. The minimum absolute atomic E-state index is 0.196. The topological polar surface area (TPSA) is 59.2 Å². The van der Waals surface area contributed by atoms with Gasteiger partial charge >= 0.3 is 0 Å². The Kier molecular flexibility index (Phi) is 4.20. The molecule has 2 rings (SSSR count). The number of rotatable bonds is 5. The molecule has 1 fully saturated rings. The van der Waals surface area contributed by atoms with E-state index in [1.165, 1.54) is 0 Å². The molecule has 1 heterocycles. The van der Waals surface area contributed by atoms with Crippen LogP contribution in [0.25, 0.3) is 0 Å². The molecule has 1 aromatic heterocycles. The molecule has 19 heavy (non-hydrogen) atoms. The number of amides is 1. The van der Waals surface area contributed by atoms with Crippen LogP contribution in [0.15, 0.2) is 24.4 Å². The molecule has 1 saturated carbocycles. The van der Waals surface area contributed by atoms with Gasteiger partial charge in [0.05, 0.1) is 17.7 Å². The van der Waals surface area contributed by atoms with Gasteiger partial charge in [0.25, 0.3) is 0 Å². The van der Waals surface area contributed by atoms with Gasteiger partial charge in [-0.1, -0.05) is 13.0 Å². The summed E-state index contributed by atoms with van der Waals surface area (Å²) in [5.74, 6) is 0.808. The summed E-state index contributed by atoms with van der Waals surface area (Å²) in [4.78, 5) is 18.8. The Hall–Kier alpha value is -1.42. The van der Waals surface area contributed by atoms with Crippen molar-refractivity contribution in [3.8, 4) is 0 Å². The Balaban J connectivity index is 2.07. The number of carbonyl (C=O) groups is 1. The van der Waals surface area contributed by atoms with Gasteiger partial charge in [0.1, 0.15) is 0 Å². The van der Waals surface area contributed by atoms with Crippen LogP contribution in [-0.2, 0) is 11.3 Å². The van der Waals surface area contributed by atoms with Crippen molar-refractivity contribution in [3.63, 3.8) is 0 Å². The van der Waals surface area contributed by atoms with Crippen molar-refractivity contribution in [1.82, 2.24) is 9.88 Å². The van der Waals surface area contributed by atoms with Crippen LogP contribution in [0.4, 0.5) is 0 Å². The van der Waals surface area contributed by atoms with Gasteiger partial charge in [-0.3, -0.25) is 9.78 Å². The number of hydrogen-bond acceptors (Lipinski definition) is 3. The van der Waals surface area contributed by atoms with E-state index in [1.54, 1.807) is 6.20 Å². The van der Waals surface area contributed by atoms with Crippen LogP contribution in [0.2, 0.25) is 0 Å². The number of carbonyl (C=O) groups excluding carboxylic acids is 1. The maximum absolute atomic E-state index is 12.7. The molecular weight excluding hydrogens is 238 g/mol. The number of pyridine rings is 1. The van der Waals surface area contributed by atoms with E-state index >= 15 is 0 Å². The molecule has 2 N–H and O–H groups in total. The van der Waals surface area contributed by atoms with E-state index < -0.39 is 0 Å². The van der Waals surface area contributed by atoms with Crippen LogP contribution in [-0.4, -0.2) is 28.9 Å². The number of hydrogen-bond donors (Lipinski definition) is 1. The Labute approximate surface area is 115 Å². The molecule has 0 unspecified atom stereocenters. The highest BCUT2D eigenvalue weighted by atomic mass is 16.2. The first kappa shape index (κ1) is 14.0. The van der Waals surface area contributed by atoms with Crippen molar-refractivity contribution in [3.05, 3.63) is 30.1 Å². The summed E-state index contributed by atoms with van der Waals surface area (Å²) in [7, 11) is 0. The van der Waals surface area contributed by atoms with E-state index in [2.05, 4.69) is 11.9 Å². The lowest BCUT2D eigenvalue weighted by Gasteiger charge is -2.46. The SMILES string of the molecule is CCN(Cc1ccccn1)C(=O)C1(CN)CC(C)C1. The molecule has 0 aromatic carbocycles. The highest BCUT2D eigenvalue weighted by Crippen LogP contribution is 2.46. The summed E-state index contributed by atoms with van der Waals surface area (Å²) < 4.78 is 0. The fraction of sp³-hybridized carbons (Fsp3) is 0.600. The lowest BCUT2D eigenvalue weighted by atomic mass is 9.62. The van der Waals surface area contributed by atoms with Crippen LogP contribution in [0.5, 0.6) is 0 Å². The van der Waals surface area contributed by atoms with Crippen LogP contribution in [0.1, 0.15) is 32.4 Å². The van der Waals surface area contributed by atoms with Crippen LogP contribution >= 0.6 is 0 Å². The van der Waals surface area contributed by atoms with Crippen LogP contribution in [0, 0.1) is 11.3 Å². The molecule has 4 heteroatoms. The van der Waals surface area contributed by atoms with E-state index in [4.69, 9.17) is 5.73 Å². The monoisotopic (exact) mass is 261 g/mol. The lowest BCUT2D eigenvalue weighted by Crippen LogP contribution is -2.54. The van der Waals surface area contributed by atoms with Gasteiger partial charge in [-0.25, -0.2) is 0 Å². The molecule has 0 saturated heterocycles. The zero-order valence-electron chi connectivity index (χ0n) is 11.8. The molecular formula is C15H23N3O. The first-order chi connectivity index (χ1) is 9.11. The van der Waals surface area contributed by atoms with Gasteiger partial charge in [0.2, 0.25) is 5.91 Å². The Morgan fingerprint density at radius 3 is 2.74 bits per heavy atom. The second-order valence-corrected chi connectivity index (χ2v) is 5.64. The van der Waals surface area contributed by atoms with Gasteiger partial charge < -0.3 is 10.6 Å². The quantitative estimate of drug-likeness (QED) is 0.879. The predicted octanol–water partition coefficient (Wildman–Crippen LogP) is 1.81. The summed E-state index contributed by atoms with van der Waals surface area (Å²) >= 11 is 0. The second kappa shape index (κ2) is 5.70. The third kappa shape index (κ3) is 2.78. The number of nitrogens with two attached hydrogens (primary N) is 1. The average Bonchev–Trinajstić information content (AvgIpc) is 2.41. The van der Waals surface area contributed by atoms with Crippen LogP contribution in [0.3, 0.4) is 0 Å². The zero-order valence-corrected chi connectivity index (χ0v) is 11.8. The molecule has 104 valence electrons. The Bertz CT molecular complexity index is 426. The van der Waals surface area contributed by atoms with Crippen molar-refractivity contribution < 1.29 is 4.79 Å². The molecule has 1 aliphatic rings. The van der Waals surface area contributed by atoms with Gasteiger partial charge in [0, 0.05) is 19.3 Å². The fourth-order valence-corrected chi connectivity index (χ4v) is 3.05. The van der Waals surface area contributed by atoms with E-state index in [0.29, 0.717) is 25.6 Å². The molecule has 1 amide bonds. The minimum atomic E-state index is -0.315. The molecule has 1 aromatic rings. The van der Waals surface area contributed by atoms with E-state index in [9.17, 15) is 4.79 Å². The normalized spacial score (nSPS) is 25.7. The maximum atomic E-state index is 12.7. The summed E-state index contributed by atoms with van der Waals surface area (Å²) in [5, 5.41) is 0. The van der Waals surface area contributed by atoms with E-state index in [1.807, 2.05) is 30.0 Å². The summed E-state index contributed by atoms with van der Waals surface area (Å²) in [5.41, 5.74) is 6.47. The summed E-state index contributed by atoms with van der Waals surface area (Å²) in [6.45, 7) is 5.91. The Morgan fingerprint density at radius 2 is 2.26 bits per heavy atom. The first-order valence-corrected chi connectivity index (χ1v) is 7.00. The first-order valence-electron chi connectivity index (χ1n) is 7.00. The number of aromatic nitrogens is 1. The van der Waals surface area contributed by atoms with Crippen LogP contribution < -0.4 is 5.73 Å². The standard InChI is InChI=1S/C15H23N3O/c1-3-18(10-13-6-4-5-7-17-13)14(19)15(11-16)8-12(2)9-15/h4-7,12H,3,8-11,16H2,1-2H3. The zero-order chi connectivity index (χ0) is 13.9. The average molecular weight is 261 g/mol. The Morgan fingerprint density at radius 1 is 1.53 bits per heavy atom. The molecule has 0 aliphatic heterocycles. The van der Waals surface area contributed by atoms with Crippen molar-refractivity contribution in [2.24, 2.45) is 17.1 Å². The molecule has 4 nitrogen and oxygen atoms in total. The molecule has 0 atom stereocenters. The molecule has 0 radical (unpaired) electrons. The van der Waals surface area contributed by atoms with Crippen molar-refractivity contribution in [1.29, 1.82) is 0 Å². The van der Waals surface area contributed by atoms with Crippen molar-refractivity contribution in [2.45, 2.75) is 33.2 Å². The smallest absolute Gasteiger partial charge is 0.230 e. The van der Waals surface area contributed by atoms with Crippen molar-refractivity contribution >= 4 is 5.91 Å².